The van der Waals surface area contributed by atoms with Gasteiger partial charge in [-0.1, -0.05) is 34.1 Å². The highest BCUT2D eigenvalue weighted by atomic mass is 16.2. The summed E-state index contributed by atoms with van der Waals surface area (Å²) in [6.45, 7) is 8.84. The molecule has 2 unspecified atom stereocenters. The Morgan fingerprint density at radius 2 is 1.78 bits per heavy atom. The molecule has 2 atom stereocenters. The van der Waals surface area contributed by atoms with Crippen LogP contribution in [0.5, 0.6) is 0 Å². The number of hydrogen-bond donors (Lipinski definition) is 0. The molecular weight excluding hydrogens is 226 g/mol. The van der Waals surface area contributed by atoms with Gasteiger partial charge in [-0.05, 0) is 30.1 Å². The zero-order valence-corrected chi connectivity index (χ0v) is 11.8. The van der Waals surface area contributed by atoms with E-state index in [0.717, 1.165) is 25.7 Å². The fourth-order valence-electron chi connectivity index (χ4n) is 3.99. The van der Waals surface area contributed by atoms with E-state index in [1.807, 2.05) is 0 Å². The fraction of sp³-hybridized carbons (Fsp3) is 0.733. The third-order valence-electron chi connectivity index (χ3n) is 4.48. The minimum atomic E-state index is -0.140. The highest BCUT2D eigenvalue weighted by Gasteiger charge is 2.51. The molecule has 0 radical (unpaired) electrons. The van der Waals surface area contributed by atoms with Crippen LogP contribution in [-0.2, 0) is 9.59 Å². The van der Waals surface area contributed by atoms with Crippen LogP contribution >= 0.6 is 0 Å². The summed E-state index contributed by atoms with van der Waals surface area (Å²) in [5.41, 5.74) is 0.271. The normalized spacial score (nSPS) is 34.7. The first-order valence-corrected chi connectivity index (χ1v) is 6.84. The molecule has 1 fully saturated rings. The Morgan fingerprint density at radius 1 is 1.22 bits per heavy atom. The molecule has 18 heavy (non-hydrogen) atoms. The first kappa shape index (κ1) is 13.3. The molecule has 1 heterocycles. The molecule has 0 spiro atoms. The van der Waals surface area contributed by atoms with E-state index in [-0.39, 0.29) is 28.7 Å². The highest BCUT2D eigenvalue weighted by Crippen LogP contribution is 2.53. The van der Waals surface area contributed by atoms with Gasteiger partial charge in [0.2, 0.25) is 0 Å². The number of amides is 2. The van der Waals surface area contributed by atoms with Crippen molar-refractivity contribution >= 4 is 11.8 Å². The Morgan fingerprint density at radius 3 is 2.28 bits per heavy atom. The molecule has 3 heteroatoms. The lowest BCUT2D eigenvalue weighted by Gasteiger charge is -2.33. The molecule has 0 aromatic heterocycles. The zero-order valence-electron chi connectivity index (χ0n) is 11.8. The average molecular weight is 249 g/mol. The lowest BCUT2D eigenvalue weighted by atomic mass is 9.80. The third kappa shape index (κ3) is 2.11. The Bertz CT molecular complexity index is 393. The second-order valence-corrected chi connectivity index (χ2v) is 6.83. The van der Waals surface area contributed by atoms with Crippen molar-refractivity contribution in [1.82, 2.24) is 4.90 Å². The van der Waals surface area contributed by atoms with Gasteiger partial charge in [0.05, 0.1) is 0 Å². The van der Waals surface area contributed by atoms with Crippen molar-refractivity contribution in [3.05, 3.63) is 12.2 Å². The van der Waals surface area contributed by atoms with Crippen LogP contribution in [0.4, 0.5) is 0 Å². The number of imide groups is 1. The predicted molar refractivity (Wildman–Crippen MR) is 70.8 cm³/mol. The van der Waals surface area contributed by atoms with Gasteiger partial charge >= 0.3 is 0 Å². The SMILES string of the molecule is CCCC1(C)CC(N2C(=O)C=CC2=O)C(C)(C)C1. The van der Waals surface area contributed by atoms with Crippen LogP contribution < -0.4 is 0 Å². The van der Waals surface area contributed by atoms with E-state index in [2.05, 4.69) is 27.7 Å². The Labute approximate surface area is 109 Å². The van der Waals surface area contributed by atoms with Gasteiger partial charge in [-0.2, -0.15) is 0 Å². The van der Waals surface area contributed by atoms with Crippen molar-refractivity contribution in [2.75, 3.05) is 0 Å². The summed E-state index contributed by atoms with van der Waals surface area (Å²) in [5.74, 6) is -0.280. The van der Waals surface area contributed by atoms with Crippen molar-refractivity contribution in [2.24, 2.45) is 10.8 Å². The minimum Gasteiger partial charge on any atom is -0.272 e. The maximum Gasteiger partial charge on any atom is 0.253 e. The summed E-state index contributed by atoms with van der Waals surface area (Å²) in [6, 6.07) is 0.0454. The molecule has 1 aliphatic carbocycles. The highest BCUT2D eigenvalue weighted by molar-refractivity contribution is 6.13. The molecule has 0 saturated heterocycles. The molecule has 0 aromatic carbocycles. The minimum absolute atomic E-state index is 0.0151. The number of rotatable bonds is 3. The molecule has 0 N–H and O–H groups in total. The van der Waals surface area contributed by atoms with E-state index < -0.39 is 0 Å². The van der Waals surface area contributed by atoms with Gasteiger partial charge in [-0.15, -0.1) is 0 Å². The molecule has 2 aliphatic rings. The molecule has 2 amide bonds. The fourth-order valence-corrected chi connectivity index (χ4v) is 3.99. The second-order valence-electron chi connectivity index (χ2n) is 6.83. The van der Waals surface area contributed by atoms with Crippen LogP contribution in [-0.4, -0.2) is 22.8 Å². The zero-order chi connectivity index (χ0) is 13.6. The van der Waals surface area contributed by atoms with Crippen LogP contribution in [0.1, 0.15) is 53.4 Å². The largest absolute Gasteiger partial charge is 0.272 e. The summed E-state index contributed by atoms with van der Waals surface area (Å²) in [5, 5.41) is 0. The van der Waals surface area contributed by atoms with Gasteiger partial charge in [-0.3, -0.25) is 14.5 Å². The van der Waals surface area contributed by atoms with Crippen LogP contribution in [0.3, 0.4) is 0 Å². The van der Waals surface area contributed by atoms with Crippen molar-refractivity contribution < 1.29 is 9.59 Å². The van der Waals surface area contributed by atoms with Crippen molar-refractivity contribution in [1.29, 1.82) is 0 Å². The smallest absolute Gasteiger partial charge is 0.253 e. The molecule has 0 bridgehead atoms. The second kappa shape index (κ2) is 4.22. The van der Waals surface area contributed by atoms with Crippen molar-refractivity contribution in [2.45, 2.75) is 59.4 Å². The van der Waals surface area contributed by atoms with E-state index in [9.17, 15) is 9.59 Å². The average Bonchev–Trinajstić information content (AvgIpc) is 2.65. The molecular formula is C15H23NO2. The van der Waals surface area contributed by atoms with Crippen LogP contribution in [0, 0.1) is 10.8 Å². The maximum absolute atomic E-state index is 11.8. The van der Waals surface area contributed by atoms with Crippen LogP contribution in [0.15, 0.2) is 12.2 Å². The summed E-state index contributed by atoms with van der Waals surface area (Å²) in [7, 11) is 0. The van der Waals surface area contributed by atoms with Crippen LogP contribution in [0.25, 0.3) is 0 Å². The maximum atomic E-state index is 11.8. The van der Waals surface area contributed by atoms with E-state index >= 15 is 0 Å². The number of carbonyl (C=O) groups excluding carboxylic acids is 2. The van der Waals surface area contributed by atoms with Crippen molar-refractivity contribution in [3.8, 4) is 0 Å². The van der Waals surface area contributed by atoms with E-state index in [4.69, 9.17) is 0 Å². The topological polar surface area (TPSA) is 37.4 Å². The first-order chi connectivity index (χ1) is 8.29. The predicted octanol–water partition coefficient (Wildman–Crippen LogP) is 2.91. The molecule has 0 aromatic rings. The molecule has 2 rings (SSSR count). The molecule has 1 saturated carbocycles. The van der Waals surface area contributed by atoms with Gasteiger partial charge < -0.3 is 0 Å². The Hall–Kier alpha value is -1.12. The van der Waals surface area contributed by atoms with Crippen LogP contribution in [0.2, 0.25) is 0 Å². The summed E-state index contributed by atoms with van der Waals surface area (Å²) >= 11 is 0. The van der Waals surface area contributed by atoms with E-state index in [0.29, 0.717) is 0 Å². The van der Waals surface area contributed by atoms with E-state index in [1.165, 1.54) is 17.1 Å². The Balaban J connectivity index is 2.24. The molecule has 100 valence electrons. The van der Waals surface area contributed by atoms with Crippen molar-refractivity contribution in [3.63, 3.8) is 0 Å². The first-order valence-electron chi connectivity index (χ1n) is 6.84. The standard InChI is InChI=1S/C15H23NO2/c1-5-8-15(4)9-11(14(2,3)10-15)16-12(17)6-7-13(16)18/h6-7,11H,5,8-10H2,1-4H3. The van der Waals surface area contributed by atoms with Gasteiger partial charge in [-0.25, -0.2) is 0 Å². The summed E-state index contributed by atoms with van der Waals surface area (Å²) in [4.78, 5) is 25.2. The van der Waals surface area contributed by atoms with Gasteiger partial charge in [0.1, 0.15) is 0 Å². The van der Waals surface area contributed by atoms with E-state index in [1.54, 1.807) is 0 Å². The third-order valence-corrected chi connectivity index (χ3v) is 4.48. The summed E-state index contributed by atoms with van der Waals surface area (Å²) in [6.07, 6.45) is 7.13. The Kier molecular flexibility index (Phi) is 3.12. The number of carbonyl (C=O) groups is 2. The van der Waals surface area contributed by atoms with Gasteiger partial charge in [0, 0.05) is 18.2 Å². The monoisotopic (exact) mass is 249 g/mol. The summed E-state index contributed by atoms with van der Waals surface area (Å²) < 4.78 is 0. The lowest BCUT2D eigenvalue weighted by molar-refractivity contribution is -0.141. The van der Waals surface area contributed by atoms with Gasteiger partial charge in [0.15, 0.2) is 0 Å². The molecule has 3 nitrogen and oxygen atoms in total. The van der Waals surface area contributed by atoms with Gasteiger partial charge in [0.25, 0.3) is 11.8 Å². The molecule has 1 aliphatic heterocycles. The number of hydrogen-bond acceptors (Lipinski definition) is 2. The number of nitrogens with zero attached hydrogens (tertiary/aromatic N) is 1. The quantitative estimate of drug-likeness (QED) is 0.721. The lowest BCUT2D eigenvalue weighted by Crippen LogP contribution is -2.45.